The van der Waals surface area contributed by atoms with Gasteiger partial charge in [0.25, 0.3) is 0 Å². The Kier molecular flexibility index (Phi) is 14.0. The lowest BCUT2D eigenvalue weighted by Crippen LogP contribution is -2.55. The third kappa shape index (κ3) is 10.0. The Balaban J connectivity index is 0.00000420. The molecule has 1 heterocycles. The topological polar surface area (TPSA) is 99.8 Å². The molecule has 0 amide bonds. The van der Waals surface area contributed by atoms with E-state index in [9.17, 15) is 27.2 Å². The van der Waals surface area contributed by atoms with Crippen molar-refractivity contribution < 1.29 is 36.7 Å². The van der Waals surface area contributed by atoms with Crippen LogP contribution < -0.4 is 15.8 Å². The van der Waals surface area contributed by atoms with Gasteiger partial charge in [-0.05, 0) is 47.6 Å². The van der Waals surface area contributed by atoms with Crippen LogP contribution in [-0.2, 0) is 27.7 Å². The van der Waals surface area contributed by atoms with Crippen LogP contribution in [0.25, 0.3) is 0 Å². The summed E-state index contributed by atoms with van der Waals surface area (Å²) in [5, 5.41) is 14.6. The smallest absolute Gasteiger partial charge is 0.427 e. The van der Waals surface area contributed by atoms with E-state index in [1.165, 1.54) is 11.6 Å². The second-order valence-corrected chi connectivity index (χ2v) is 12.7. The van der Waals surface area contributed by atoms with Crippen LogP contribution in [0.1, 0.15) is 50.4 Å². The molecule has 0 aromatic heterocycles. The molecule has 0 radical (unpaired) electrons. The van der Waals surface area contributed by atoms with Crippen LogP contribution in [0.4, 0.5) is 23.2 Å². The van der Waals surface area contributed by atoms with Crippen molar-refractivity contribution in [2.75, 3.05) is 31.0 Å². The lowest BCUT2D eigenvalue weighted by atomic mass is 9.85. The molecule has 1 saturated heterocycles. The number of aliphatic hydroxyl groups is 1. The van der Waals surface area contributed by atoms with Gasteiger partial charge in [-0.1, -0.05) is 56.2 Å². The number of alkyl halides is 3. The Hall–Kier alpha value is -1.47. The van der Waals surface area contributed by atoms with Crippen LogP contribution in [0.2, 0.25) is 0 Å². The van der Waals surface area contributed by atoms with Crippen LogP contribution in [-0.4, -0.2) is 59.3 Å². The molecule has 4 N–H and O–H groups in total. The standard InChI is InChI=1S/C28H38F4N2O4S.2ClH/c1-16(18-7-6-8-20(12-18)27(2,3)4)34-22-15-39(36)14-19(26(22)35)9-17-10-21(29)25(33)23(11-17)38-24(13-37-5)28(30,31)32;;/h6-8,10-12,16,19,22,24,26,34-35H,9,13-15,33H2,1-5H3;2*1H/t16-,19-,22+,24-,26+,39-;;/m1../s1. The maximum absolute atomic E-state index is 14.6. The lowest BCUT2D eigenvalue weighted by molar-refractivity contribution is -0.206. The summed E-state index contributed by atoms with van der Waals surface area (Å²) in [4.78, 5) is 0. The monoisotopic (exact) mass is 646 g/mol. The average molecular weight is 648 g/mol. The number of aliphatic hydroxyl groups excluding tert-OH is 1. The number of benzene rings is 2. The Morgan fingerprint density at radius 1 is 1.15 bits per heavy atom. The van der Waals surface area contributed by atoms with Crippen molar-refractivity contribution in [3.63, 3.8) is 0 Å². The van der Waals surface area contributed by atoms with Gasteiger partial charge in [0.1, 0.15) is 28.8 Å². The number of ether oxygens (including phenoxy) is 2. The van der Waals surface area contributed by atoms with E-state index in [0.29, 0.717) is 0 Å². The molecule has 6 atom stereocenters. The van der Waals surface area contributed by atoms with Crippen LogP contribution in [0, 0.1) is 11.7 Å². The van der Waals surface area contributed by atoms with E-state index in [1.54, 1.807) is 0 Å². The Morgan fingerprint density at radius 3 is 2.39 bits per heavy atom. The van der Waals surface area contributed by atoms with Crippen molar-refractivity contribution in [2.24, 2.45) is 5.92 Å². The zero-order valence-electron chi connectivity index (χ0n) is 23.7. The summed E-state index contributed by atoms with van der Waals surface area (Å²) in [5.41, 5.74) is 7.56. The largest absolute Gasteiger partial charge is 0.616 e. The van der Waals surface area contributed by atoms with Gasteiger partial charge in [-0.2, -0.15) is 13.2 Å². The Labute approximate surface area is 254 Å². The molecular formula is C28H40Cl2F4N2O4S. The van der Waals surface area contributed by atoms with E-state index in [0.717, 1.165) is 18.7 Å². The van der Waals surface area contributed by atoms with Gasteiger partial charge >= 0.3 is 6.18 Å². The highest BCUT2D eigenvalue weighted by Crippen LogP contribution is 2.34. The molecule has 0 saturated carbocycles. The van der Waals surface area contributed by atoms with Gasteiger partial charge in [-0.15, -0.1) is 24.8 Å². The molecular weight excluding hydrogens is 607 g/mol. The first-order valence-corrected chi connectivity index (χ1v) is 14.3. The second-order valence-electron chi connectivity index (χ2n) is 11.2. The molecule has 13 heteroatoms. The molecule has 2 aromatic rings. The summed E-state index contributed by atoms with van der Waals surface area (Å²) in [6.45, 7) is 7.55. The number of methoxy groups -OCH3 is 1. The van der Waals surface area contributed by atoms with Gasteiger partial charge in [0, 0.05) is 19.1 Å². The fourth-order valence-corrected chi connectivity index (χ4v) is 6.34. The predicted octanol–water partition coefficient (Wildman–Crippen LogP) is 5.51. The van der Waals surface area contributed by atoms with Crippen LogP contribution in [0.3, 0.4) is 0 Å². The molecule has 2 aromatic carbocycles. The van der Waals surface area contributed by atoms with Crippen LogP contribution in [0.5, 0.6) is 5.75 Å². The lowest BCUT2D eigenvalue weighted by Gasteiger charge is -2.37. The first-order chi connectivity index (χ1) is 18.1. The van der Waals surface area contributed by atoms with Crippen LogP contribution in [0.15, 0.2) is 36.4 Å². The number of halogens is 6. The third-order valence-electron chi connectivity index (χ3n) is 6.98. The normalized spacial score (nSPS) is 22.7. The van der Waals surface area contributed by atoms with Crippen molar-refractivity contribution in [3.8, 4) is 5.75 Å². The Morgan fingerprint density at radius 2 is 1.80 bits per heavy atom. The van der Waals surface area contributed by atoms with E-state index >= 15 is 0 Å². The van der Waals surface area contributed by atoms with E-state index in [1.807, 2.05) is 19.1 Å². The number of nitrogen functional groups attached to an aromatic ring is 1. The summed E-state index contributed by atoms with van der Waals surface area (Å²) < 4.78 is 76.9. The molecule has 0 unspecified atom stereocenters. The SMILES string of the molecule is COC[C@@H](Oc1cc(C[C@@H]2C[S@@+]([O-])C[C@H](N[C@H](C)c3cccc(C(C)(C)C)c3)[C@H]2O)cc(F)c1N)C(F)(F)F.Cl.Cl. The summed E-state index contributed by atoms with van der Waals surface area (Å²) in [6, 6.07) is 9.85. The number of anilines is 1. The maximum atomic E-state index is 14.6. The highest BCUT2D eigenvalue weighted by Gasteiger charge is 2.43. The maximum Gasteiger partial charge on any atom is 0.427 e. The van der Waals surface area contributed by atoms with Crippen molar-refractivity contribution in [1.82, 2.24) is 5.32 Å². The van der Waals surface area contributed by atoms with Crippen molar-refractivity contribution in [3.05, 3.63) is 58.9 Å². The summed E-state index contributed by atoms with van der Waals surface area (Å²) in [7, 11) is 1.10. The summed E-state index contributed by atoms with van der Waals surface area (Å²) in [5.74, 6) is -1.51. The fraction of sp³-hybridized carbons (Fsp3) is 0.571. The van der Waals surface area contributed by atoms with Gasteiger partial charge in [0.05, 0.1) is 18.8 Å². The van der Waals surface area contributed by atoms with Crippen molar-refractivity contribution in [2.45, 2.75) is 70.0 Å². The Bertz CT molecular complexity index is 1120. The average Bonchev–Trinajstić information content (AvgIpc) is 2.83. The van der Waals surface area contributed by atoms with E-state index in [2.05, 4.69) is 43.0 Å². The zero-order chi connectivity index (χ0) is 29.1. The highest BCUT2D eigenvalue weighted by atomic mass is 35.5. The molecule has 234 valence electrons. The molecule has 0 bridgehead atoms. The fourth-order valence-electron chi connectivity index (χ4n) is 4.72. The predicted molar refractivity (Wildman–Crippen MR) is 159 cm³/mol. The van der Waals surface area contributed by atoms with Gasteiger partial charge < -0.3 is 30.2 Å². The number of rotatable bonds is 9. The molecule has 41 heavy (non-hydrogen) atoms. The molecule has 0 spiro atoms. The van der Waals surface area contributed by atoms with E-state index in [4.69, 9.17) is 10.5 Å². The van der Waals surface area contributed by atoms with Crippen molar-refractivity contribution in [1.29, 1.82) is 0 Å². The molecule has 3 rings (SSSR count). The first kappa shape index (κ1) is 37.6. The van der Waals surface area contributed by atoms with Gasteiger partial charge in [0.15, 0.2) is 0 Å². The van der Waals surface area contributed by atoms with E-state index in [-0.39, 0.29) is 59.8 Å². The molecule has 0 aliphatic carbocycles. The van der Waals surface area contributed by atoms with Crippen LogP contribution >= 0.6 is 24.8 Å². The molecule has 1 aliphatic rings. The summed E-state index contributed by atoms with van der Waals surface area (Å²) in [6.07, 6.45) is -7.93. The first-order valence-electron chi connectivity index (χ1n) is 12.8. The van der Waals surface area contributed by atoms with E-state index < -0.39 is 65.4 Å². The van der Waals surface area contributed by atoms with Crippen molar-refractivity contribution >= 4 is 41.7 Å². The molecule has 1 fully saturated rings. The minimum absolute atomic E-state index is 0. The minimum atomic E-state index is -4.76. The molecule has 1 aliphatic heterocycles. The minimum Gasteiger partial charge on any atom is -0.616 e. The van der Waals surface area contributed by atoms with Gasteiger partial charge in [0.2, 0.25) is 6.10 Å². The highest BCUT2D eigenvalue weighted by molar-refractivity contribution is 7.91. The second kappa shape index (κ2) is 15.3. The summed E-state index contributed by atoms with van der Waals surface area (Å²) >= 11 is -1.26. The van der Waals surface area contributed by atoms with Gasteiger partial charge in [-0.3, -0.25) is 0 Å². The van der Waals surface area contributed by atoms with Gasteiger partial charge in [-0.25, -0.2) is 4.39 Å². The number of hydrogen-bond acceptors (Lipinski definition) is 6. The number of hydrogen-bond donors (Lipinski definition) is 3. The molecule has 6 nitrogen and oxygen atoms in total. The third-order valence-corrected chi connectivity index (χ3v) is 8.51. The quantitative estimate of drug-likeness (QED) is 0.189. The number of nitrogens with two attached hydrogens (primary N) is 1. The zero-order valence-corrected chi connectivity index (χ0v) is 26.1. The number of nitrogens with one attached hydrogen (secondary N) is 1.